The van der Waals surface area contributed by atoms with Crippen molar-refractivity contribution >= 4 is 33.7 Å². The molecule has 2 aromatic carbocycles. The standard InChI is InChI=1S/C22H20N4O3S/c1-3-25(4-2)16-7-5-14(6-8-16)19-13-30-22(24-19)18-12-15-11-17(26(27)28)9-10-20(15)29-21(18)23/h5-13,23H,3-4H2,1-2H3. The van der Waals surface area contributed by atoms with Crippen molar-refractivity contribution in [2.45, 2.75) is 13.8 Å². The summed E-state index contributed by atoms with van der Waals surface area (Å²) in [5, 5.41) is 22.4. The lowest BCUT2D eigenvalue weighted by molar-refractivity contribution is -0.384. The number of thiazole rings is 1. The van der Waals surface area contributed by atoms with Gasteiger partial charge in [0.25, 0.3) is 5.69 Å². The fraction of sp³-hybridized carbons (Fsp3) is 0.182. The molecule has 0 aliphatic rings. The molecule has 0 bridgehead atoms. The Balaban J connectivity index is 1.69. The van der Waals surface area contributed by atoms with Crippen molar-refractivity contribution in [1.82, 2.24) is 4.98 Å². The molecule has 0 spiro atoms. The third-order valence-corrected chi connectivity index (χ3v) is 5.86. The summed E-state index contributed by atoms with van der Waals surface area (Å²) < 4.78 is 5.57. The molecule has 4 aromatic rings. The van der Waals surface area contributed by atoms with Gasteiger partial charge in [-0.05, 0) is 38.1 Å². The Morgan fingerprint density at radius 1 is 1.13 bits per heavy atom. The predicted octanol–water partition coefficient (Wildman–Crippen LogP) is 5.46. The Labute approximate surface area is 176 Å². The fourth-order valence-corrected chi connectivity index (χ4v) is 4.20. The highest BCUT2D eigenvalue weighted by molar-refractivity contribution is 7.13. The Morgan fingerprint density at radius 3 is 2.53 bits per heavy atom. The van der Waals surface area contributed by atoms with Crippen LogP contribution >= 0.6 is 11.3 Å². The van der Waals surface area contributed by atoms with E-state index in [2.05, 4.69) is 35.9 Å². The molecule has 2 heterocycles. The smallest absolute Gasteiger partial charge is 0.270 e. The quantitative estimate of drug-likeness (QED) is 0.330. The second kappa shape index (κ2) is 8.08. The third kappa shape index (κ3) is 3.69. The lowest BCUT2D eigenvalue weighted by Gasteiger charge is -2.20. The number of nitrogens with one attached hydrogen (secondary N) is 1. The summed E-state index contributed by atoms with van der Waals surface area (Å²) in [6, 6.07) is 14.3. The summed E-state index contributed by atoms with van der Waals surface area (Å²) >= 11 is 1.41. The van der Waals surface area contributed by atoms with Crippen LogP contribution in [0.3, 0.4) is 0 Å². The van der Waals surface area contributed by atoms with E-state index in [1.807, 2.05) is 17.5 Å². The number of benzene rings is 2. The molecule has 0 radical (unpaired) electrons. The molecule has 1 N–H and O–H groups in total. The van der Waals surface area contributed by atoms with Gasteiger partial charge in [0.2, 0.25) is 5.55 Å². The molecule has 4 rings (SSSR count). The molecule has 30 heavy (non-hydrogen) atoms. The number of nitro benzene ring substituents is 1. The van der Waals surface area contributed by atoms with Gasteiger partial charge in [0.1, 0.15) is 10.6 Å². The van der Waals surface area contributed by atoms with E-state index in [0.29, 0.717) is 21.5 Å². The van der Waals surface area contributed by atoms with E-state index < -0.39 is 4.92 Å². The summed E-state index contributed by atoms with van der Waals surface area (Å²) in [5.74, 6) is 0. The molecule has 0 aliphatic carbocycles. The molecule has 0 saturated heterocycles. The largest absolute Gasteiger partial charge is 0.438 e. The maximum Gasteiger partial charge on any atom is 0.270 e. The van der Waals surface area contributed by atoms with E-state index in [4.69, 9.17) is 9.83 Å². The van der Waals surface area contributed by atoms with Crippen LogP contribution in [0.15, 0.2) is 58.3 Å². The third-order valence-electron chi connectivity index (χ3n) is 4.99. The highest BCUT2D eigenvalue weighted by atomic mass is 32.1. The van der Waals surface area contributed by atoms with E-state index in [1.54, 1.807) is 6.07 Å². The second-order valence-corrected chi connectivity index (χ2v) is 7.58. The monoisotopic (exact) mass is 420 g/mol. The number of hydrogen-bond acceptors (Lipinski definition) is 7. The SMILES string of the molecule is CCN(CC)c1ccc(-c2csc(-c3cc4cc([N+](=O)[O-])ccc4oc3=N)n2)cc1. The molecule has 0 amide bonds. The van der Waals surface area contributed by atoms with Crippen LogP contribution in [0.5, 0.6) is 0 Å². The lowest BCUT2D eigenvalue weighted by atomic mass is 10.1. The number of hydrogen-bond donors (Lipinski definition) is 1. The van der Waals surface area contributed by atoms with Crippen molar-refractivity contribution in [2.75, 3.05) is 18.0 Å². The Bertz CT molecular complexity index is 1270. The van der Waals surface area contributed by atoms with Crippen molar-refractivity contribution in [3.8, 4) is 21.8 Å². The summed E-state index contributed by atoms with van der Waals surface area (Å²) in [7, 11) is 0. The van der Waals surface area contributed by atoms with Crippen molar-refractivity contribution in [1.29, 1.82) is 5.41 Å². The molecule has 2 aromatic heterocycles. The van der Waals surface area contributed by atoms with Gasteiger partial charge in [-0.2, -0.15) is 0 Å². The van der Waals surface area contributed by atoms with Crippen LogP contribution in [0, 0.1) is 15.5 Å². The van der Waals surface area contributed by atoms with Gasteiger partial charge in [-0.15, -0.1) is 11.3 Å². The van der Waals surface area contributed by atoms with Crippen LogP contribution < -0.4 is 10.5 Å². The summed E-state index contributed by atoms with van der Waals surface area (Å²) in [6.07, 6.45) is 0. The first kappa shape index (κ1) is 19.8. The topological polar surface area (TPSA) is 96.3 Å². The van der Waals surface area contributed by atoms with Crippen LogP contribution in [0.1, 0.15) is 13.8 Å². The van der Waals surface area contributed by atoms with Gasteiger partial charge in [0.15, 0.2) is 0 Å². The molecule has 7 nitrogen and oxygen atoms in total. The first-order valence-electron chi connectivity index (χ1n) is 9.58. The lowest BCUT2D eigenvalue weighted by Crippen LogP contribution is -2.21. The number of nitrogens with zero attached hydrogens (tertiary/aromatic N) is 3. The Kier molecular flexibility index (Phi) is 5.33. The predicted molar refractivity (Wildman–Crippen MR) is 119 cm³/mol. The Hall–Kier alpha value is -3.52. The maximum absolute atomic E-state index is 11.1. The van der Waals surface area contributed by atoms with Crippen molar-refractivity contribution in [3.63, 3.8) is 0 Å². The summed E-state index contributed by atoms with van der Waals surface area (Å²) in [6.45, 7) is 6.16. The second-order valence-electron chi connectivity index (χ2n) is 6.73. The maximum atomic E-state index is 11.1. The van der Waals surface area contributed by atoms with Gasteiger partial charge in [-0.3, -0.25) is 15.5 Å². The average molecular weight is 420 g/mol. The summed E-state index contributed by atoms with van der Waals surface area (Å²) in [4.78, 5) is 17.6. The Morgan fingerprint density at radius 2 is 1.87 bits per heavy atom. The van der Waals surface area contributed by atoms with E-state index in [9.17, 15) is 10.1 Å². The van der Waals surface area contributed by atoms with Gasteiger partial charge >= 0.3 is 0 Å². The van der Waals surface area contributed by atoms with E-state index >= 15 is 0 Å². The van der Waals surface area contributed by atoms with Crippen molar-refractivity contribution < 1.29 is 9.34 Å². The molecule has 0 fully saturated rings. The van der Waals surface area contributed by atoms with Crippen LogP contribution in [0.25, 0.3) is 32.8 Å². The van der Waals surface area contributed by atoms with Crippen molar-refractivity contribution in [3.05, 3.63) is 69.6 Å². The number of aromatic nitrogens is 1. The first-order chi connectivity index (χ1) is 14.5. The average Bonchev–Trinajstić information content (AvgIpc) is 3.24. The molecular weight excluding hydrogens is 400 g/mol. The summed E-state index contributed by atoms with van der Waals surface area (Å²) in [5.41, 5.74) is 3.89. The zero-order chi connectivity index (χ0) is 21.3. The molecule has 8 heteroatoms. The van der Waals surface area contributed by atoms with Gasteiger partial charge in [-0.25, -0.2) is 4.98 Å². The van der Waals surface area contributed by atoms with Gasteiger partial charge in [0.05, 0.1) is 16.2 Å². The highest BCUT2D eigenvalue weighted by Gasteiger charge is 2.14. The molecule has 0 aliphatic heterocycles. The molecular formula is C22H20N4O3S. The van der Waals surface area contributed by atoms with Gasteiger partial charge < -0.3 is 9.32 Å². The minimum absolute atomic E-state index is 0.0190. The number of fused-ring (bicyclic) bond motifs is 1. The number of non-ortho nitro benzene ring substituents is 1. The molecule has 152 valence electrons. The van der Waals surface area contributed by atoms with Crippen LogP contribution in [-0.4, -0.2) is 23.0 Å². The van der Waals surface area contributed by atoms with Crippen LogP contribution in [-0.2, 0) is 0 Å². The zero-order valence-corrected chi connectivity index (χ0v) is 17.4. The minimum Gasteiger partial charge on any atom is -0.438 e. The molecule has 0 saturated carbocycles. The van der Waals surface area contributed by atoms with Gasteiger partial charge in [-0.1, -0.05) is 12.1 Å². The normalized spacial score (nSPS) is 11.0. The van der Waals surface area contributed by atoms with Crippen LogP contribution in [0.2, 0.25) is 0 Å². The number of rotatable bonds is 6. The minimum atomic E-state index is -0.447. The van der Waals surface area contributed by atoms with Gasteiger partial charge in [0, 0.05) is 47.2 Å². The van der Waals surface area contributed by atoms with Crippen LogP contribution in [0.4, 0.5) is 11.4 Å². The molecule has 0 atom stereocenters. The highest BCUT2D eigenvalue weighted by Crippen LogP contribution is 2.30. The number of nitro groups is 1. The van der Waals surface area contributed by atoms with Crippen molar-refractivity contribution in [2.24, 2.45) is 0 Å². The van der Waals surface area contributed by atoms with E-state index in [1.165, 1.54) is 35.2 Å². The van der Waals surface area contributed by atoms with E-state index in [-0.39, 0.29) is 11.2 Å². The first-order valence-corrected chi connectivity index (χ1v) is 10.5. The van der Waals surface area contributed by atoms with E-state index in [0.717, 1.165) is 24.3 Å². The number of anilines is 1. The zero-order valence-electron chi connectivity index (χ0n) is 16.6. The molecule has 0 unspecified atom stereocenters. The fourth-order valence-electron chi connectivity index (χ4n) is 3.36.